The minimum atomic E-state index is -0.659. The standard InChI is InChI=1S/C48H31N3O3S/c1-52-30-22-18-28(19-23-30)45-49-46(29-20-24-31(53-2)25-21-29)51-47(50-45)34-12-9-15-38-44(34)54-39-16-7-6-14-36(39)48(38)35-13-5-3-10-32(35)42-37(48)26-27-41-43(42)33-11-4-8-17-40(33)55-41/h3-27H,1-2H3. The lowest BCUT2D eigenvalue weighted by atomic mass is 9.65. The van der Waals surface area contributed by atoms with Crippen molar-refractivity contribution in [1.29, 1.82) is 0 Å². The number of aromatic nitrogens is 3. The van der Waals surface area contributed by atoms with Crippen molar-refractivity contribution in [3.63, 3.8) is 0 Å². The number of benzene rings is 7. The zero-order chi connectivity index (χ0) is 36.7. The Hall–Kier alpha value is -6.83. The molecule has 0 saturated carbocycles. The summed E-state index contributed by atoms with van der Waals surface area (Å²) < 4.78 is 20.5. The smallest absolute Gasteiger partial charge is 0.167 e. The van der Waals surface area contributed by atoms with Gasteiger partial charge in [-0.3, -0.25) is 0 Å². The van der Waals surface area contributed by atoms with E-state index in [2.05, 4.69) is 97.1 Å². The van der Waals surface area contributed by atoms with Gasteiger partial charge in [-0.1, -0.05) is 78.9 Å². The molecule has 2 aliphatic rings. The second kappa shape index (κ2) is 12.1. The molecule has 0 N–H and O–H groups in total. The van der Waals surface area contributed by atoms with Crippen molar-refractivity contribution < 1.29 is 14.2 Å². The molecule has 9 aromatic rings. The molecule has 1 aliphatic carbocycles. The molecule has 0 saturated heterocycles. The lowest BCUT2D eigenvalue weighted by Gasteiger charge is -2.40. The normalized spacial score (nSPS) is 14.9. The summed E-state index contributed by atoms with van der Waals surface area (Å²) in [5.74, 6) is 4.66. The number of thiophene rings is 1. The Morgan fingerprint density at radius 1 is 0.491 bits per heavy atom. The summed E-state index contributed by atoms with van der Waals surface area (Å²) in [7, 11) is 3.32. The predicted octanol–water partition coefficient (Wildman–Crippen LogP) is 11.7. The molecule has 1 spiro atoms. The van der Waals surface area contributed by atoms with Gasteiger partial charge in [-0.2, -0.15) is 0 Å². The van der Waals surface area contributed by atoms with Crippen LogP contribution in [0.3, 0.4) is 0 Å². The van der Waals surface area contributed by atoms with Crippen LogP contribution in [0.25, 0.3) is 65.5 Å². The molecule has 11 rings (SSSR count). The predicted molar refractivity (Wildman–Crippen MR) is 220 cm³/mol. The Morgan fingerprint density at radius 2 is 1.09 bits per heavy atom. The summed E-state index contributed by atoms with van der Waals surface area (Å²) in [6, 6.07) is 52.7. The third-order valence-corrected chi connectivity index (χ3v) is 12.2. The minimum Gasteiger partial charge on any atom is -0.497 e. The van der Waals surface area contributed by atoms with Crippen LogP contribution in [0, 0.1) is 0 Å². The maximum Gasteiger partial charge on any atom is 0.167 e. The van der Waals surface area contributed by atoms with E-state index in [0.717, 1.165) is 50.8 Å². The molecular formula is C48H31N3O3S. The number of nitrogens with zero attached hydrogens (tertiary/aromatic N) is 3. The Labute approximate surface area is 321 Å². The highest BCUT2D eigenvalue weighted by atomic mass is 32.1. The van der Waals surface area contributed by atoms with Gasteiger partial charge in [0.1, 0.15) is 23.0 Å². The third-order valence-electron chi connectivity index (χ3n) is 11.0. The van der Waals surface area contributed by atoms with Crippen LogP contribution in [0.15, 0.2) is 152 Å². The molecule has 1 unspecified atom stereocenters. The van der Waals surface area contributed by atoms with Gasteiger partial charge in [0.15, 0.2) is 17.5 Å². The fraction of sp³-hybridized carbons (Fsp3) is 0.0625. The van der Waals surface area contributed by atoms with Crippen LogP contribution in [0.1, 0.15) is 22.3 Å². The van der Waals surface area contributed by atoms with Crippen molar-refractivity contribution in [2.24, 2.45) is 0 Å². The van der Waals surface area contributed by atoms with Crippen LogP contribution >= 0.6 is 11.3 Å². The molecule has 55 heavy (non-hydrogen) atoms. The number of para-hydroxylation sites is 2. The second-order valence-corrected chi connectivity index (χ2v) is 14.9. The highest BCUT2D eigenvalue weighted by Crippen LogP contribution is 2.64. The van der Waals surface area contributed by atoms with E-state index in [4.69, 9.17) is 29.2 Å². The number of rotatable bonds is 5. The Balaban J connectivity index is 1.20. The van der Waals surface area contributed by atoms with Crippen LogP contribution in [-0.2, 0) is 5.41 Å². The van der Waals surface area contributed by atoms with Gasteiger partial charge >= 0.3 is 0 Å². The fourth-order valence-corrected chi connectivity index (χ4v) is 9.75. The molecule has 0 radical (unpaired) electrons. The molecule has 262 valence electrons. The van der Waals surface area contributed by atoms with Crippen LogP contribution in [0.4, 0.5) is 0 Å². The average molecular weight is 730 g/mol. The molecule has 1 atom stereocenters. The molecule has 0 amide bonds. The Bertz CT molecular complexity index is 2930. The first-order valence-corrected chi connectivity index (χ1v) is 19.0. The number of hydrogen-bond acceptors (Lipinski definition) is 7. The number of fused-ring (bicyclic) bond motifs is 13. The highest BCUT2D eigenvalue weighted by Gasteiger charge is 2.52. The summed E-state index contributed by atoms with van der Waals surface area (Å²) >= 11 is 1.85. The Morgan fingerprint density at radius 3 is 1.82 bits per heavy atom. The molecule has 6 nitrogen and oxygen atoms in total. The van der Waals surface area contributed by atoms with Gasteiger partial charge in [0.05, 0.1) is 25.2 Å². The average Bonchev–Trinajstić information content (AvgIpc) is 3.77. The highest BCUT2D eigenvalue weighted by molar-refractivity contribution is 7.26. The van der Waals surface area contributed by atoms with Crippen LogP contribution in [0.5, 0.6) is 23.0 Å². The van der Waals surface area contributed by atoms with Gasteiger partial charge in [0.2, 0.25) is 0 Å². The van der Waals surface area contributed by atoms with E-state index >= 15 is 0 Å². The van der Waals surface area contributed by atoms with Crippen molar-refractivity contribution >= 4 is 31.5 Å². The Kier molecular flexibility index (Phi) is 6.97. The van der Waals surface area contributed by atoms with Crippen molar-refractivity contribution in [1.82, 2.24) is 15.0 Å². The van der Waals surface area contributed by atoms with Gasteiger partial charge < -0.3 is 14.2 Å². The summed E-state index contributed by atoms with van der Waals surface area (Å²) in [5, 5.41) is 2.58. The summed E-state index contributed by atoms with van der Waals surface area (Å²) in [6.07, 6.45) is 0. The molecule has 1 aliphatic heterocycles. The lowest BCUT2D eigenvalue weighted by Crippen LogP contribution is -2.32. The van der Waals surface area contributed by atoms with E-state index in [0.29, 0.717) is 17.5 Å². The number of hydrogen-bond donors (Lipinski definition) is 0. The first-order valence-electron chi connectivity index (χ1n) is 18.2. The maximum atomic E-state index is 7.04. The summed E-state index contributed by atoms with van der Waals surface area (Å²) in [6.45, 7) is 0. The topological polar surface area (TPSA) is 66.4 Å². The SMILES string of the molecule is COc1ccc(-c2nc(-c3ccc(OC)cc3)nc(-c3cccc4c3Oc3ccccc3C43c4ccccc4-c4c3ccc3sc5ccccc5c43)n2)cc1. The lowest BCUT2D eigenvalue weighted by molar-refractivity contribution is 0.415. The van der Waals surface area contributed by atoms with Crippen molar-refractivity contribution in [3.05, 3.63) is 174 Å². The van der Waals surface area contributed by atoms with Gasteiger partial charge in [-0.15, -0.1) is 11.3 Å². The van der Waals surface area contributed by atoms with E-state index in [1.54, 1.807) is 14.2 Å². The molecule has 3 heterocycles. The van der Waals surface area contributed by atoms with Crippen LogP contribution in [-0.4, -0.2) is 29.2 Å². The van der Waals surface area contributed by atoms with Gasteiger partial charge in [-0.25, -0.2) is 15.0 Å². The minimum absolute atomic E-state index is 0.517. The molecular weight excluding hydrogens is 699 g/mol. The van der Waals surface area contributed by atoms with E-state index in [1.807, 2.05) is 65.9 Å². The quantitative estimate of drug-likeness (QED) is 0.176. The molecule has 7 aromatic carbocycles. The molecule has 7 heteroatoms. The number of ether oxygens (including phenoxy) is 3. The van der Waals surface area contributed by atoms with Crippen molar-refractivity contribution in [2.75, 3.05) is 14.2 Å². The summed E-state index contributed by atoms with van der Waals surface area (Å²) in [4.78, 5) is 15.3. The van der Waals surface area contributed by atoms with Gasteiger partial charge in [0.25, 0.3) is 0 Å². The monoisotopic (exact) mass is 729 g/mol. The van der Waals surface area contributed by atoms with E-state index < -0.39 is 5.41 Å². The first-order chi connectivity index (χ1) is 27.1. The second-order valence-electron chi connectivity index (χ2n) is 13.8. The first kappa shape index (κ1) is 31.7. The fourth-order valence-electron chi connectivity index (χ4n) is 8.64. The van der Waals surface area contributed by atoms with Gasteiger partial charge in [0, 0.05) is 42.4 Å². The maximum absolute atomic E-state index is 7.04. The van der Waals surface area contributed by atoms with E-state index in [9.17, 15) is 0 Å². The molecule has 2 aromatic heterocycles. The van der Waals surface area contributed by atoms with Crippen LogP contribution in [0.2, 0.25) is 0 Å². The number of methoxy groups -OCH3 is 2. The zero-order valence-corrected chi connectivity index (χ0v) is 30.7. The van der Waals surface area contributed by atoms with Gasteiger partial charge in [-0.05, 0) is 95.1 Å². The largest absolute Gasteiger partial charge is 0.497 e. The molecule has 0 bridgehead atoms. The van der Waals surface area contributed by atoms with E-state index in [-0.39, 0.29) is 0 Å². The summed E-state index contributed by atoms with van der Waals surface area (Å²) in [5.41, 5.74) is 8.97. The van der Waals surface area contributed by atoms with Crippen LogP contribution < -0.4 is 14.2 Å². The van der Waals surface area contributed by atoms with Crippen molar-refractivity contribution in [3.8, 4) is 68.3 Å². The molecule has 0 fully saturated rings. The van der Waals surface area contributed by atoms with E-state index in [1.165, 1.54) is 42.4 Å². The van der Waals surface area contributed by atoms with Crippen molar-refractivity contribution in [2.45, 2.75) is 5.41 Å². The zero-order valence-electron chi connectivity index (χ0n) is 29.9. The third kappa shape index (κ3) is 4.57.